The maximum atomic E-state index is 12.6. The van der Waals surface area contributed by atoms with Crippen molar-refractivity contribution in [3.63, 3.8) is 0 Å². The van der Waals surface area contributed by atoms with E-state index in [9.17, 15) is 24.3 Å². The molecule has 9 nitrogen and oxygen atoms in total. The Labute approximate surface area is 198 Å². The predicted octanol–water partition coefficient (Wildman–Crippen LogP) is 1.79. The van der Waals surface area contributed by atoms with Crippen LogP contribution in [0.25, 0.3) is 0 Å². The molecule has 3 amide bonds. The van der Waals surface area contributed by atoms with Crippen LogP contribution in [0.3, 0.4) is 0 Å². The highest BCUT2D eigenvalue weighted by molar-refractivity contribution is 5.96. The van der Waals surface area contributed by atoms with E-state index in [1.54, 1.807) is 40.1 Å². The van der Waals surface area contributed by atoms with E-state index in [1.165, 1.54) is 0 Å². The lowest BCUT2D eigenvalue weighted by atomic mass is 10.1. The molecule has 1 heterocycles. The first-order chi connectivity index (χ1) is 16.4. The summed E-state index contributed by atoms with van der Waals surface area (Å²) < 4.78 is 5.57. The van der Waals surface area contributed by atoms with E-state index < -0.39 is 17.9 Å². The number of carboxylic acid groups (broad SMARTS) is 1. The van der Waals surface area contributed by atoms with Crippen molar-refractivity contribution >= 4 is 23.7 Å². The quantitative estimate of drug-likeness (QED) is 0.550. The highest BCUT2D eigenvalue weighted by Crippen LogP contribution is 2.11. The first-order valence-electron chi connectivity index (χ1n) is 11.3. The summed E-state index contributed by atoms with van der Waals surface area (Å²) in [7, 11) is 0. The molecule has 1 atom stereocenters. The van der Waals surface area contributed by atoms with Crippen molar-refractivity contribution in [2.45, 2.75) is 25.3 Å². The Bertz CT molecular complexity index is 975. The van der Waals surface area contributed by atoms with Crippen molar-refractivity contribution in [3.8, 4) is 5.75 Å². The highest BCUT2D eigenvalue weighted by Gasteiger charge is 2.26. The number of amides is 3. The normalized spacial score (nSPS) is 14.2. The number of hydrogen-bond donors (Lipinski definition) is 2. The maximum Gasteiger partial charge on any atom is 0.326 e. The van der Waals surface area contributed by atoms with Crippen molar-refractivity contribution in [2.75, 3.05) is 32.8 Å². The van der Waals surface area contributed by atoms with Gasteiger partial charge in [0, 0.05) is 38.2 Å². The largest absolute Gasteiger partial charge is 0.493 e. The van der Waals surface area contributed by atoms with E-state index in [-0.39, 0.29) is 37.7 Å². The number of ether oxygens (including phenoxy) is 1. The summed E-state index contributed by atoms with van der Waals surface area (Å²) in [5.41, 5.74) is 0.357. The molecule has 1 aliphatic rings. The average molecular weight is 468 g/mol. The molecular formula is C25H29N3O6. The first-order valence-corrected chi connectivity index (χ1v) is 11.3. The van der Waals surface area contributed by atoms with Gasteiger partial charge < -0.3 is 25.0 Å². The molecule has 1 saturated heterocycles. The Balaban J connectivity index is 1.38. The molecule has 180 valence electrons. The Kier molecular flexibility index (Phi) is 9.02. The summed E-state index contributed by atoms with van der Waals surface area (Å²) in [6.07, 6.45) is 0.234. The van der Waals surface area contributed by atoms with Gasteiger partial charge >= 0.3 is 5.97 Å². The summed E-state index contributed by atoms with van der Waals surface area (Å²) in [4.78, 5) is 52.1. The molecule has 0 aromatic heterocycles. The van der Waals surface area contributed by atoms with E-state index in [0.29, 0.717) is 37.5 Å². The lowest BCUT2D eigenvalue weighted by Gasteiger charge is -2.35. The van der Waals surface area contributed by atoms with Crippen LogP contribution in [0.5, 0.6) is 5.75 Å². The predicted molar refractivity (Wildman–Crippen MR) is 124 cm³/mol. The Morgan fingerprint density at radius 1 is 0.824 bits per heavy atom. The van der Waals surface area contributed by atoms with Crippen molar-refractivity contribution in [3.05, 3.63) is 66.2 Å². The molecule has 9 heteroatoms. The second kappa shape index (κ2) is 12.4. The van der Waals surface area contributed by atoms with Crippen LogP contribution in [0.2, 0.25) is 0 Å². The number of carboxylic acids is 1. The number of nitrogens with one attached hydrogen (secondary N) is 1. The molecule has 2 N–H and O–H groups in total. The molecule has 34 heavy (non-hydrogen) atoms. The van der Waals surface area contributed by atoms with Crippen LogP contribution in [-0.4, -0.2) is 77.4 Å². The smallest absolute Gasteiger partial charge is 0.326 e. The second-order valence-corrected chi connectivity index (χ2v) is 7.94. The Morgan fingerprint density at radius 3 is 1.91 bits per heavy atom. The lowest BCUT2D eigenvalue weighted by Crippen LogP contribution is -2.51. The molecular weight excluding hydrogens is 438 g/mol. The molecule has 0 spiro atoms. The van der Waals surface area contributed by atoms with Crippen molar-refractivity contribution in [1.82, 2.24) is 15.1 Å². The van der Waals surface area contributed by atoms with E-state index >= 15 is 0 Å². The third-order valence-electron chi connectivity index (χ3n) is 5.60. The fourth-order valence-corrected chi connectivity index (χ4v) is 3.65. The Morgan fingerprint density at radius 2 is 1.35 bits per heavy atom. The van der Waals surface area contributed by atoms with Gasteiger partial charge in [-0.1, -0.05) is 36.4 Å². The van der Waals surface area contributed by atoms with Crippen LogP contribution in [0, 0.1) is 0 Å². The molecule has 0 aliphatic carbocycles. The van der Waals surface area contributed by atoms with Gasteiger partial charge in [0.2, 0.25) is 11.8 Å². The van der Waals surface area contributed by atoms with Crippen LogP contribution >= 0.6 is 0 Å². The third kappa shape index (κ3) is 7.33. The van der Waals surface area contributed by atoms with E-state index in [1.807, 2.05) is 30.3 Å². The number of para-hydroxylation sites is 1. The summed E-state index contributed by atoms with van der Waals surface area (Å²) in [6, 6.07) is 16.4. The van der Waals surface area contributed by atoms with Crippen molar-refractivity contribution in [1.29, 1.82) is 0 Å². The topological polar surface area (TPSA) is 116 Å². The van der Waals surface area contributed by atoms with Gasteiger partial charge in [0.25, 0.3) is 5.91 Å². The monoisotopic (exact) mass is 467 g/mol. The number of rotatable bonds is 10. The van der Waals surface area contributed by atoms with Crippen LogP contribution in [0.1, 0.15) is 29.6 Å². The van der Waals surface area contributed by atoms with Gasteiger partial charge in [-0.15, -0.1) is 0 Å². The Hall–Kier alpha value is -3.88. The van der Waals surface area contributed by atoms with Crippen LogP contribution < -0.4 is 10.1 Å². The molecule has 2 aromatic rings. The fourth-order valence-electron chi connectivity index (χ4n) is 3.65. The van der Waals surface area contributed by atoms with Gasteiger partial charge in [-0.25, -0.2) is 4.79 Å². The van der Waals surface area contributed by atoms with Gasteiger partial charge in [0.05, 0.1) is 13.0 Å². The molecule has 0 radical (unpaired) electrons. The van der Waals surface area contributed by atoms with E-state index in [4.69, 9.17) is 4.74 Å². The minimum atomic E-state index is -1.19. The average Bonchev–Trinajstić information content (AvgIpc) is 2.87. The van der Waals surface area contributed by atoms with Gasteiger partial charge in [-0.05, 0) is 30.7 Å². The fraction of sp³-hybridized carbons (Fsp3) is 0.360. The number of piperazine rings is 1. The minimum Gasteiger partial charge on any atom is -0.493 e. The molecule has 3 rings (SSSR count). The molecule has 1 fully saturated rings. The summed E-state index contributed by atoms with van der Waals surface area (Å²) in [6.45, 7) is 1.90. The van der Waals surface area contributed by atoms with Crippen molar-refractivity contribution in [2.24, 2.45) is 0 Å². The SMILES string of the molecule is O=C(N[C@@H](CCC(=O)N1CCN(C(=O)CCOc2ccccc2)CC1)C(=O)O)c1ccccc1. The first kappa shape index (κ1) is 24.8. The minimum absolute atomic E-state index is 0.00903. The summed E-state index contributed by atoms with van der Waals surface area (Å²) >= 11 is 0. The molecule has 2 aromatic carbocycles. The van der Waals surface area contributed by atoms with Crippen LogP contribution in [0.4, 0.5) is 0 Å². The summed E-state index contributed by atoms with van der Waals surface area (Å²) in [5.74, 6) is -1.20. The third-order valence-corrected chi connectivity index (χ3v) is 5.60. The molecule has 0 bridgehead atoms. The summed E-state index contributed by atoms with van der Waals surface area (Å²) in [5, 5.41) is 11.9. The van der Waals surface area contributed by atoms with E-state index in [2.05, 4.69) is 5.32 Å². The molecule has 0 saturated carbocycles. The van der Waals surface area contributed by atoms with E-state index in [0.717, 1.165) is 0 Å². The zero-order chi connectivity index (χ0) is 24.3. The lowest BCUT2D eigenvalue weighted by molar-refractivity contribution is -0.141. The standard InChI is InChI=1S/C25H29N3O6/c29-22(12-11-21(25(32)33)26-24(31)19-7-3-1-4-8-19)27-14-16-28(17-15-27)23(30)13-18-34-20-9-5-2-6-10-20/h1-10,21H,11-18H2,(H,26,31)(H,32,33)/t21-/m0/s1. The van der Waals surface area contributed by atoms with Crippen LogP contribution in [-0.2, 0) is 14.4 Å². The van der Waals surface area contributed by atoms with Crippen LogP contribution in [0.15, 0.2) is 60.7 Å². The molecule has 1 aliphatic heterocycles. The number of benzene rings is 2. The maximum absolute atomic E-state index is 12.6. The van der Waals surface area contributed by atoms with Gasteiger partial charge in [-0.3, -0.25) is 14.4 Å². The number of hydrogen-bond acceptors (Lipinski definition) is 5. The number of carbonyl (C=O) groups is 4. The molecule has 0 unspecified atom stereocenters. The van der Waals surface area contributed by atoms with Crippen molar-refractivity contribution < 1.29 is 29.0 Å². The van der Waals surface area contributed by atoms with Gasteiger partial charge in [0.1, 0.15) is 11.8 Å². The van der Waals surface area contributed by atoms with Gasteiger partial charge in [-0.2, -0.15) is 0 Å². The highest BCUT2D eigenvalue weighted by atomic mass is 16.5. The van der Waals surface area contributed by atoms with Gasteiger partial charge in [0.15, 0.2) is 0 Å². The number of nitrogens with zero attached hydrogens (tertiary/aromatic N) is 2. The number of carbonyl (C=O) groups excluding carboxylic acids is 3. The second-order valence-electron chi connectivity index (χ2n) is 7.94. The zero-order valence-electron chi connectivity index (χ0n) is 18.9. The number of aliphatic carboxylic acids is 1. The zero-order valence-corrected chi connectivity index (χ0v) is 18.9.